The number of nitrogen functional groups attached to an aromatic ring is 1. The van der Waals surface area contributed by atoms with Crippen LogP contribution in [0.15, 0.2) is 22.5 Å². The van der Waals surface area contributed by atoms with Gasteiger partial charge in [0.25, 0.3) is 0 Å². The summed E-state index contributed by atoms with van der Waals surface area (Å²) in [4.78, 5) is 4.27. The Bertz CT molecular complexity index is 582. The number of nitrogens with two attached hydrogens (primary N) is 1. The predicted molar refractivity (Wildman–Crippen MR) is 76.7 cm³/mol. The van der Waals surface area contributed by atoms with Crippen LogP contribution in [0.1, 0.15) is 17.0 Å². The fourth-order valence-corrected chi connectivity index (χ4v) is 3.29. The summed E-state index contributed by atoms with van der Waals surface area (Å²) in [6.07, 6.45) is 0. The Balaban J connectivity index is 2.08. The second kappa shape index (κ2) is 5.69. The molecule has 4 nitrogen and oxygen atoms in total. The molecule has 0 aliphatic carbocycles. The first-order valence-electron chi connectivity index (χ1n) is 5.12. The van der Waals surface area contributed by atoms with Gasteiger partial charge in [-0.05, 0) is 30.1 Å². The van der Waals surface area contributed by atoms with Gasteiger partial charge in [-0.3, -0.25) is 5.41 Å². The lowest BCUT2D eigenvalue weighted by molar-refractivity contribution is 1.10. The van der Waals surface area contributed by atoms with Gasteiger partial charge in [-0.15, -0.1) is 0 Å². The number of benzene rings is 1. The van der Waals surface area contributed by atoms with Crippen molar-refractivity contribution in [3.63, 3.8) is 0 Å². The lowest BCUT2D eigenvalue weighted by Crippen LogP contribution is -2.10. The number of nitrogens with one attached hydrogen (secondary N) is 1. The highest BCUT2D eigenvalue weighted by molar-refractivity contribution is 8.00. The lowest BCUT2D eigenvalue weighted by Gasteiger charge is -2.05. The predicted octanol–water partition coefficient (Wildman–Crippen LogP) is 3.08. The van der Waals surface area contributed by atoms with E-state index < -0.39 is 0 Å². The highest BCUT2D eigenvalue weighted by atomic mass is 35.5. The molecule has 0 fully saturated rings. The van der Waals surface area contributed by atoms with Crippen LogP contribution in [-0.4, -0.2) is 15.2 Å². The molecule has 0 aliphatic heterocycles. The van der Waals surface area contributed by atoms with Crippen molar-refractivity contribution < 1.29 is 0 Å². The van der Waals surface area contributed by atoms with Crippen LogP contribution >= 0.6 is 34.9 Å². The number of rotatable bonds is 4. The molecule has 1 heterocycles. The van der Waals surface area contributed by atoms with Crippen LogP contribution in [0.3, 0.4) is 0 Å². The van der Waals surface area contributed by atoms with Crippen LogP contribution in [0.4, 0.5) is 0 Å². The number of hydrogen-bond acceptors (Lipinski definition) is 5. The van der Waals surface area contributed by atoms with Crippen molar-refractivity contribution >= 4 is 40.7 Å². The van der Waals surface area contributed by atoms with E-state index in [0.29, 0.717) is 10.6 Å². The van der Waals surface area contributed by atoms with Crippen LogP contribution in [0.25, 0.3) is 0 Å². The van der Waals surface area contributed by atoms with E-state index in [1.807, 2.05) is 13.0 Å². The van der Waals surface area contributed by atoms with Crippen molar-refractivity contribution in [3.8, 4) is 0 Å². The monoisotopic (exact) mass is 298 g/mol. The average Bonchev–Trinajstić information content (AvgIpc) is 2.73. The van der Waals surface area contributed by atoms with E-state index in [1.165, 1.54) is 11.5 Å². The standard InChI is InChI=1S/C11H11ClN4S2/c1-6-15-11(18-16-6)17-5-8-3-2-7(10(13)14)4-9(8)12/h2-4H,5H2,1H3,(H3,13,14). The number of halogens is 1. The fourth-order valence-electron chi connectivity index (χ4n) is 1.31. The molecule has 0 unspecified atom stereocenters. The Labute approximate surface area is 118 Å². The van der Waals surface area contributed by atoms with Gasteiger partial charge < -0.3 is 5.73 Å². The Morgan fingerprint density at radius 2 is 2.33 bits per heavy atom. The molecular weight excluding hydrogens is 288 g/mol. The average molecular weight is 299 g/mol. The van der Waals surface area contributed by atoms with E-state index in [0.717, 1.165) is 21.5 Å². The molecule has 0 aliphatic rings. The number of hydrogen-bond donors (Lipinski definition) is 2. The van der Waals surface area contributed by atoms with Gasteiger partial charge in [0.05, 0.1) is 0 Å². The number of nitrogens with zero attached hydrogens (tertiary/aromatic N) is 2. The highest BCUT2D eigenvalue weighted by Gasteiger charge is 2.06. The minimum atomic E-state index is 0.0239. The summed E-state index contributed by atoms with van der Waals surface area (Å²) in [5, 5.41) is 7.96. The molecule has 2 aromatic rings. The molecule has 7 heteroatoms. The SMILES string of the molecule is Cc1nsc(SCc2ccc(C(=N)N)cc2Cl)n1. The smallest absolute Gasteiger partial charge is 0.170 e. The number of thioether (sulfide) groups is 1. The second-order valence-electron chi connectivity index (χ2n) is 3.62. The Hall–Kier alpha value is -1.11. The number of amidine groups is 1. The zero-order valence-corrected chi connectivity index (χ0v) is 12.0. The zero-order chi connectivity index (χ0) is 13.1. The van der Waals surface area contributed by atoms with Crippen molar-refractivity contribution in [2.75, 3.05) is 0 Å². The van der Waals surface area contributed by atoms with Gasteiger partial charge in [-0.25, -0.2) is 4.98 Å². The molecule has 0 spiro atoms. The van der Waals surface area contributed by atoms with Gasteiger partial charge in [0.1, 0.15) is 11.7 Å². The molecule has 94 valence electrons. The molecule has 0 radical (unpaired) electrons. The van der Waals surface area contributed by atoms with E-state index in [2.05, 4.69) is 9.36 Å². The van der Waals surface area contributed by atoms with E-state index in [-0.39, 0.29) is 5.84 Å². The molecule has 0 atom stereocenters. The Morgan fingerprint density at radius 1 is 1.56 bits per heavy atom. The molecular formula is C11H11ClN4S2. The summed E-state index contributed by atoms with van der Waals surface area (Å²) >= 11 is 9.13. The summed E-state index contributed by atoms with van der Waals surface area (Å²) in [7, 11) is 0. The van der Waals surface area contributed by atoms with Crippen molar-refractivity contribution in [3.05, 3.63) is 40.2 Å². The summed E-state index contributed by atoms with van der Waals surface area (Å²) in [6, 6.07) is 5.40. The van der Waals surface area contributed by atoms with Gasteiger partial charge in [0.2, 0.25) is 0 Å². The first-order valence-corrected chi connectivity index (χ1v) is 7.26. The number of aromatic nitrogens is 2. The van der Waals surface area contributed by atoms with E-state index in [9.17, 15) is 0 Å². The van der Waals surface area contributed by atoms with Crippen LogP contribution in [0.2, 0.25) is 5.02 Å². The normalized spacial score (nSPS) is 10.6. The third kappa shape index (κ3) is 3.22. The lowest BCUT2D eigenvalue weighted by atomic mass is 10.1. The number of aryl methyl sites for hydroxylation is 1. The Morgan fingerprint density at radius 3 is 2.89 bits per heavy atom. The summed E-state index contributed by atoms with van der Waals surface area (Å²) in [5.74, 6) is 1.54. The third-order valence-corrected chi connectivity index (χ3v) is 4.55. The zero-order valence-electron chi connectivity index (χ0n) is 9.61. The second-order valence-corrected chi connectivity index (χ2v) is 6.00. The largest absolute Gasteiger partial charge is 0.384 e. The fraction of sp³-hybridized carbons (Fsp3) is 0.182. The molecule has 18 heavy (non-hydrogen) atoms. The van der Waals surface area contributed by atoms with Crippen LogP contribution in [0, 0.1) is 12.3 Å². The maximum Gasteiger partial charge on any atom is 0.170 e. The van der Waals surface area contributed by atoms with Crippen molar-refractivity contribution in [2.45, 2.75) is 17.0 Å². The van der Waals surface area contributed by atoms with E-state index in [4.69, 9.17) is 22.7 Å². The first-order chi connectivity index (χ1) is 8.56. The molecule has 0 saturated carbocycles. The Kier molecular flexibility index (Phi) is 4.21. The summed E-state index contributed by atoms with van der Waals surface area (Å²) in [6.45, 7) is 1.87. The third-order valence-electron chi connectivity index (χ3n) is 2.22. The first kappa shape index (κ1) is 13.3. The van der Waals surface area contributed by atoms with Gasteiger partial charge in [-0.2, -0.15) is 4.37 Å². The van der Waals surface area contributed by atoms with Crippen molar-refractivity contribution in [2.24, 2.45) is 5.73 Å². The molecule has 3 N–H and O–H groups in total. The van der Waals surface area contributed by atoms with Gasteiger partial charge in [-0.1, -0.05) is 35.5 Å². The maximum atomic E-state index is 7.34. The van der Waals surface area contributed by atoms with Gasteiger partial charge in [0.15, 0.2) is 4.34 Å². The van der Waals surface area contributed by atoms with Crippen LogP contribution in [0.5, 0.6) is 0 Å². The quantitative estimate of drug-likeness (QED) is 0.517. The summed E-state index contributed by atoms with van der Waals surface area (Å²) in [5.41, 5.74) is 7.04. The van der Waals surface area contributed by atoms with Crippen molar-refractivity contribution in [1.29, 1.82) is 5.41 Å². The molecule has 2 rings (SSSR count). The topological polar surface area (TPSA) is 75.7 Å². The van der Waals surface area contributed by atoms with E-state index in [1.54, 1.807) is 23.9 Å². The molecule has 0 saturated heterocycles. The van der Waals surface area contributed by atoms with E-state index >= 15 is 0 Å². The molecule has 0 bridgehead atoms. The molecule has 1 aromatic heterocycles. The van der Waals surface area contributed by atoms with Crippen LogP contribution < -0.4 is 5.73 Å². The van der Waals surface area contributed by atoms with Crippen molar-refractivity contribution in [1.82, 2.24) is 9.36 Å². The van der Waals surface area contributed by atoms with Crippen LogP contribution in [-0.2, 0) is 5.75 Å². The van der Waals surface area contributed by atoms with Gasteiger partial charge >= 0.3 is 0 Å². The summed E-state index contributed by atoms with van der Waals surface area (Å²) < 4.78 is 5.05. The molecule has 0 amide bonds. The maximum absolute atomic E-state index is 7.34. The highest BCUT2D eigenvalue weighted by Crippen LogP contribution is 2.28. The molecule has 1 aromatic carbocycles. The minimum Gasteiger partial charge on any atom is -0.384 e. The van der Waals surface area contributed by atoms with Gasteiger partial charge in [0, 0.05) is 16.3 Å². The minimum absolute atomic E-state index is 0.0239.